The van der Waals surface area contributed by atoms with Crippen molar-refractivity contribution in [2.45, 2.75) is 38.6 Å². The smallest absolute Gasteiger partial charge is 0.343 e. The number of cyclic esters (lactones) is 1. The second kappa shape index (κ2) is 7.81. The molecule has 3 aliphatic rings. The van der Waals surface area contributed by atoms with Crippen molar-refractivity contribution in [2.75, 3.05) is 11.6 Å². The van der Waals surface area contributed by atoms with Gasteiger partial charge in [-0.3, -0.25) is 4.79 Å². The third kappa shape index (κ3) is 3.15. The summed E-state index contributed by atoms with van der Waals surface area (Å²) in [4.78, 5) is 32.9. The van der Waals surface area contributed by atoms with E-state index in [0.717, 1.165) is 33.5 Å². The monoisotopic (exact) mass is 515 g/mol. The number of nitrogens with zero attached hydrogens (tertiary/aromatic N) is 3. The van der Waals surface area contributed by atoms with Gasteiger partial charge in [-0.05, 0) is 55.0 Å². The summed E-state index contributed by atoms with van der Waals surface area (Å²) in [6, 6.07) is 15.3. The predicted molar refractivity (Wildman–Crippen MR) is 138 cm³/mol. The SMILES string of the molecule is CC[C@@]1(O)C(=O)OCc2c1cc1n(c2=O)Cc2cc3c4c(ccc3nc2-1)OCN(c1ccc(Cl)cc1)C4. The molecule has 5 heterocycles. The molecule has 8 nitrogen and oxygen atoms in total. The number of esters is 1. The number of anilines is 1. The summed E-state index contributed by atoms with van der Waals surface area (Å²) in [6.45, 7) is 2.96. The van der Waals surface area contributed by atoms with Crippen molar-refractivity contribution in [1.82, 2.24) is 9.55 Å². The van der Waals surface area contributed by atoms with Crippen LogP contribution in [-0.2, 0) is 34.8 Å². The summed E-state index contributed by atoms with van der Waals surface area (Å²) >= 11 is 6.07. The number of carbonyl (C=O) groups excluding carboxylic acids is 1. The van der Waals surface area contributed by atoms with Crippen molar-refractivity contribution < 1.29 is 19.4 Å². The first-order valence-corrected chi connectivity index (χ1v) is 12.5. The molecule has 0 radical (unpaired) electrons. The van der Waals surface area contributed by atoms with Crippen LogP contribution in [0.1, 0.15) is 35.6 Å². The van der Waals surface area contributed by atoms with Crippen molar-refractivity contribution in [3.63, 3.8) is 0 Å². The molecule has 1 N–H and O–H groups in total. The third-order valence-corrected chi connectivity index (χ3v) is 7.93. The normalized spacial score (nSPS) is 19.5. The van der Waals surface area contributed by atoms with Crippen molar-refractivity contribution in [3.8, 4) is 17.1 Å². The largest absolute Gasteiger partial charge is 0.473 e. The Hall–Kier alpha value is -3.88. The number of aliphatic hydroxyl groups is 1. The summed E-state index contributed by atoms with van der Waals surface area (Å²) in [5.41, 5.74) is 3.50. The first-order valence-electron chi connectivity index (χ1n) is 12.1. The van der Waals surface area contributed by atoms with Gasteiger partial charge in [-0.2, -0.15) is 0 Å². The Kier molecular flexibility index (Phi) is 4.71. The van der Waals surface area contributed by atoms with Crippen LogP contribution in [0.5, 0.6) is 5.75 Å². The first-order chi connectivity index (χ1) is 17.9. The van der Waals surface area contributed by atoms with E-state index in [0.29, 0.717) is 47.4 Å². The number of aromatic nitrogens is 2. The van der Waals surface area contributed by atoms with Gasteiger partial charge in [0.25, 0.3) is 5.56 Å². The number of ether oxygens (including phenoxy) is 2. The van der Waals surface area contributed by atoms with Crippen LogP contribution < -0.4 is 15.2 Å². The number of hydrogen-bond acceptors (Lipinski definition) is 7. The Bertz CT molecular complexity index is 1700. The lowest BCUT2D eigenvalue weighted by atomic mass is 9.86. The summed E-state index contributed by atoms with van der Waals surface area (Å²) in [7, 11) is 0. The van der Waals surface area contributed by atoms with Crippen molar-refractivity contribution >= 4 is 34.2 Å². The van der Waals surface area contributed by atoms with Crippen LogP contribution in [0, 0.1) is 0 Å². The molecule has 186 valence electrons. The molecule has 2 aromatic carbocycles. The molecule has 0 aliphatic carbocycles. The molecular weight excluding hydrogens is 494 g/mol. The fraction of sp³-hybridized carbons (Fsp3) is 0.250. The number of carbonyl (C=O) groups is 1. The molecule has 0 saturated heterocycles. The molecular formula is C28H22ClN3O5. The maximum atomic E-state index is 13.4. The minimum atomic E-state index is -1.84. The van der Waals surface area contributed by atoms with Gasteiger partial charge < -0.3 is 24.0 Å². The molecule has 7 rings (SSSR count). The van der Waals surface area contributed by atoms with E-state index in [-0.39, 0.29) is 18.6 Å². The number of rotatable bonds is 2. The maximum Gasteiger partial charge on any atom is 0.343 e. The van der Waals surface area contributed by atoms with E-state index in [2.05, 4.69) is 11.0 Å². The van der Waals surface area contributed by atoms with Crippen molar-refractivity contribution in [1.29, 1.82) is 0 Å². The fourth-order valence-electron chi connectivity index (χ4n) is 5.59. The van der Waals surface area contributed by atoms with Crippen LogP contribution in [0.4, 0.5) is 5.69 Å². The molecule has 0 spiro atoms. The molecule has 4 aromatic rings. The number of benzene rings is 2. The van der Waals surface area contributed by atoms with Gasteiger partial charge in [-0.1, -0.05) is 18.5 Å². The number of halogens is 1. The van der Waals surface area contributed by atoms with Gasteiger partial charge in [0.15, 0.2) is 12.3 Å². The molecule has 0 bridgehead atoms. The summed E-state index contributed by atoms with van der Waals surface area (Å²) < 4.78 is 12.9. The summed E-state index contributed by atoms with van der Waals surface area (Å²) in [5, 5.41) is 12.7. The number of pyridine rings is 2. The number of fused-ring (bicyclic) bond motifs is 7. The van der Waals surface area contributed by atoms with Crippen LogP contribution >= 0.6 is 11.6 Å². The van der Waals surface area contributed by atoms with Gasteiger partial charge in [0, 0.05) is 32.8 Å². The van der Waals surface area contributed by atoms with Crippen LogP contribution in [0.15, 0.2) is 53.3 Å². The van der Waals surface area contributed by atoms with Crippen LogP contribution in [-0.4, -0.2) is 27.4 Å². The molecule has 0 fully saturated rings. The summed E-state index contributed by atoms with van der Waals surface area (Å²) in [6.07, 6.45) is 0.107. The van der Waals surface area contributed by atoms with Gasteiger partial charge in [0.2, 0.25) is 0 Å². The third-order valence-electron chi connectivity index (χ3n) is 7.68. The lowest BCUT2D eigenvalue weighted by Gasteiger charge is -2.31. The Morgan fingerprint density at radius 1 is 1.05 bits per heavy atom. The average molecular weight is 516 g/mol. The quantitative estimate of drug-likeness (QED) is 0.354. The zero-order valence-corrected chi connectivity index (χ0v) is 20.7. The topological polar surface area (TPSA) is 93.9 Å². The van der Waals surface area contributed by atoms with E-state index < -0.39 is 11.6 Å². The second-order valence-electron chi connectivity index (χ2n) is 9.66. The minimum Gasteiger partial charge on any atom is -0.473 e. The first kappa shape index (κ1) is 22.3. The van der Waals surface area contributed by atoms with E-state index in [1.807, 2.05) is 36.4 Å². The average Bonchev–Trinajstić information content (AvgIpc) is 3.28. The van der Waals surface area contributed by atoms with Gasteiger partial charge in [0.05, 0.1) is 35.6 Å². The highest BCUT2D eigenvalue weighted by Gasteiger charge is 2.45. The van der Waals surface area contributed by atoms with Crippen LogP contribution in [0.2, 0.25) is 5.02 Å². The zero-order valence-electron chi connectivity index (χ0n) is 20.0. The second-order valence-corrected chi connectivity index (χ2v) is 10.1. The van der Waals surface area contributed by atoms with Gasteiger partial charge >= 0.3 is 5.97 Å². The molecule has 1 atom stereocenters. The van der Waals surface area contributed by atoms with Gasteiger partial charge in [0.1, 0.15) is 12.4 Å². The van der Waals surface area contributed by atoms with Crippen molar-refractivity contribution in [2.24, 2.45) is 0 Å². The van der Waals surface area contributed by atoms with E-state index in [1.165, 1.54) is 0 Å². The highest BCUT2D eigenvalue weighted by atomic mass is 35.5. The number of hydrogen-bond donors (Lipinski definition) is 1. The fourth-order valence-corrected chi connectivity index (χ4v) is 5.72. The van der Waals surface area contributed by atoms with E-state index >= 15 is 0 Å². The molecule has 0 saturated carbocycles. The van der Waals surface area contributed by atoms with Gasteiger partial charge in [-0.25, -0.2) is 9.78 Å². The van der Waals surface area contributed by atoms with E-state index in [9.17, 15) is 14.7 Å². The molecule has 37 heavy (non-hydrogen) atoms. The maximum absolute atomic E-state index is 13.4. The Morgan fingerprint density at radius 3 is 2.65 bits per heavy atom. The van der Waals surface area contributed by atoms with Crippen LogP contribution in [0.3, 0.4) is 0 Å². The predicted octanol–water partition coefficient (Wildman–Crippen LogP) is 4.09. The highest BCUT2D eigenvalue weighted by Crippen LogP contribution is 2.40. The Labute approximate surface area is 216 Å². The van der Waals surface area contributed by atoms with E-state index in [1.54, 1.807) is 17.6 Å². The Balaban J connectivity index is 1.35. The zero-order chi connectivity index (χ0) is 25.5. The molecule has 0 amide bonds. The van der Waals surface area contributed by atoms with Crippen LogP contribution in [0.25, 0.3) is 22.3 Å². The highest BCUT2D eigenvalue weighted by molar-refractivity contribution is 6.30. The standard InChI is InChI=1S/C28H22ClN3O5/c1-2-28(35)21-10-23-25-15(11-32(23)26(33)20(21)13-36-27(28)34)9-18-19-12-31(17-5-3-16(29)4-6-17)14-37-24(19)8-7-22(18)30-25/h3-10,35H,2,11-14H2,1H3/t28-/m0/s1. The Morgan fingerprint density at radius 2 is 1.86 bits per heavy atom. The molecule has 3 aliphatic heterocycles. The van der Waals surface area contributed by atoms with Crippen molar-refractivity contribution in [3.05, 3.63) is 86.2 Å². The minimum absolute atomic E-state index is 0.107. The van der Waals surface area contributed by atoms with E-state index in [4.69, 9.17) is 26.1 Å². The lowest BCUT2D eigenvalue weighted by Crippen LogP contribution is -2.44. The lowest BCUT2D eigenvalue weighted by molar-refractivity contribution is -0.172. The molecule has 2 aromatic heterocycles. The molecule has 0 unspecified atom stereocenters. The summed E-state index contributed by atoms with van der Waals surface area (Å²) in [5.74, 6) is 0.0830. The molecule has 9 heteroatoms. The van der Waals surface area contributed by atoms with Gasteiger partial charge in [-0.15, -0.1) is 0 Å².